The summed E-state index contributed by atoms with van der Waals surface area (Å²) in [6.07, 6.45) is 18.1. The van der Waals surface area contributed by atoms with Gasteiger partial charge >= 0.3 is 0 Å². The first kappa shape index (κ1) is 23.9. The third-order valence-corrected chi connectivity index (χ3v) is 5.71. The van der Waals surface area contributed by atoms with Gasteiger partial charge in [0.05, 0.1) is 0 Å². The monoisotopic (exact) mass is 402 g/mol. The molecule has 2 aromatic rings. The highest BCUT2D eigenvalue weighted by atomic mass is 16.1. The largest absolute Gasteiger partial charge is 0.289 e. The summed E-state index contributed by atoms with van der Waals surface area (Å²) in [5, 5.41) is 0. The smallest absolute Gasteiger partial charge is 0.185 e. The SMILES string of the molecule is C=CC(=O)c1ccc(/C=C/c2ccccc2CCCCCC)c(CCCCCC)c1. The number of allylic oxidation sites excluding steroid dienone is 1. The Morgan fingerprint density at radius 3 is 2.00 bits per heavy atom. The third-order valence-electron chi connectivity index (χ3n) is 5.71. The number of carbonyl (C=O) groups is 1. The van der Waals surface area contributed by atoms with Crippen LogP contribution in [-0.2, 0) is 12.8 Å². The van der Waals surface area contributed by atoms with Crippen LogP contribution in [0.15, 0.2) is 55.1 Å². The summed E-state index contributed by atoms with van der Waals surface area (Å²) >= 11 is 0. The molecule has 0 bridgehead atoms. The minimum absolute atomic E-state index is 0.00207. The van der Waals surface area contributed by atoms with E-state index in [-0.39, 0.29) is 5.78 Å². The minimum Gasteiger partial charge on any atom is -0.289 e. The number of benzene rings is 2. The molecular formula is C29H38O. The fraction of sp³-hybridized carbons (Fsp3) is 0.414. The zero-order valence-electron chi connectivity index (χ0n) is 19.0. The first-order valence-corrected chi connectivity index (χ1v) is 11.7. The number of hydrogen-bond donors (Lipinski definition) is 0. The molecule has 2 aromatic carbocycles. The quantitative estimate of drug-likeness (QED) is 0.134. The van der Waals surface area contributed by atoms with Crippen molar-refractivity contribution in [3.8, 4) is 0 Å². The van der Waals surface area contributed by atoms with Crippen LogP contribution in [0.3, 0.4) is 0 Å². The predicted molar refractivity (Wildman–Crippen MR) is 132 cm³/mol. The van der Waals surface area contributed by atoms with E-state index in [4.69, 9.17) is 0 Å². The zero-order valence-corrected chi connectivity index (χ0v) is 19.0. The zero-order chi connectivity index (χ0) is 21.6. The fourth-order valence-electron chi connectivity index (χ4n) is 3.84. The Morgan fingerprint density at radius 2 is 1.37 bits per heavy atom. The Balaban J connectivity index is 2.20. The second kappa shape index (κ2) is 13.7. The van der Waals surface area contributed by atoms with Crippen molar-refractivity contribution in [3.63, 3.8) is 0 Å². The molecular weight excluding hydrogens is 364 g/mol. The van der Waals surface area contributed by atoms with E-state index in [1.807, 2.05) is 6.07 Å². The van der Waals surface area contributed by atoms with Gasteiger partial charge in [0, 0.05) is 5.56 Å². The van der Waals surface area contributed by atoms with E-state index < -0.39 is 0 Å². The van der Waals surface area contributed by atoms with Gasteiger partial charge in [0.25, 0.3) is 0 Å². The minimum atomic E-state index is -0.00207. The maximum atomic E-state index is 12.1. The lowest BCUT2D eigenvalue weighted by Gasteiger charge is -2.10. The Bertz CT molecular complexity index is 828. The molecule has 0 aliphatic rings. The number of unbranched alkanes of at least 4 members (excludes halogenated alkanes) is 6. The Morgan fingerprint density at radius 1 is 0.767 bits per heavy atom. The Labute approximate surface area is 183 Å². The molecule has 0 fully saturated rings. The maximum absolute atomic E-state index is 12.1. The fourth-order valence-corrected chi connectivity index (χ4v) is 3.84. The van der Waals surface area contributed by atoms with E-state index in [2.05, 4.69) is 69.0 Å². The van der Waals surface area contributed by atoms with Crippen LogP contribution in [0.4, 0.5) is 0 Å². The number of ketones is 1. The summed E-state index contributed by atoms with van der Waals surface area (Å²) in [6, 6.07) is 14.8. The number of aryl methyl sites for hydroxylation is 2. The Hall–Kier alpha value is -2.41. The van der Waals surface area contributed by atoms with Crippen LogP contribution in [-0.4, -0.2) is 5.78 Å². The molecule has 0 heterocycles. The van der Waals surface area contributed by atoms with Gasteiger partial charge in [-0.25, -0.2) is 0 Å². The second-order valence-electron chi connectivity index (χ2n) is 8.14. The van der Waals surface area contributed by atoms with Crippen LogP contribution < -0.4 is 0 Å². The number of carbonyl (C=O) groups excluding carboxylic acids is 1. The summed E-state index contributed by atoms with van der Waals surface area (Å²) in [7, 11) is 0. The highest BCUT2D eigenvalue weighted by Gasteiger charge is 2.07. The standard InChI is InChI=1S/C29H38O/c1-4-7-9-11-15-24-16-13-14-17-25(24)19-20-26-21-22-28(29(30)6-3)23-27(26)18-12-10-8-5-2/h6,13-14,16-17,19-23H,3-5,7-12,15,18H2,1-2H3/b20-19+. The lowest BCUT2D eigenvalue weighted by Crippen LogP contribution is -1.98. The van der Waals surface area contributed by atoms with E-state index in [1.54, 1.807) is 0 Å². The molecule has 1 nitrogen and oxygen atoms in total. The average molecular weight is 403 g/mol. The van der Waals surface area contributed by atoms with Crippen molar-refractivity contribution >= 4 is 17.9 Å². The van der Waals surface area contributed by atoms with Gasteiger partial charge in [-0.05, 0) is 60.1 Å². The molecule has 0 unspecified atom stereocenters. The highest BCUT2D eigenvalue weighted by Crippen LogP contribution is 2.21. The Kier molecular flexibility index (Phi) is 10.9. The lowest BCUT2D eigenvalue weighted by atomic mass is 9.95. The highest BCUT2D eigenvalue weighted by molar-refractivity contribution is 6.04. The van der Waals surface area contributed by atoms with Crippen molar-refractivity contribution < 1.29 is 4.79 Å². The van der Waals surface area contributed by atoms with Crippen molar-refractivity contribution in [3.05, 3.63) is 82.9 Å². The van der Waals surface area contributed by atoms with Gasteiger partial charge in [-0.15, -0.1) is 0 Å². The molecule has 0 N–H and O–H groups in total. The molecule has 0 aromatic heterocycles. The molecule has 1 heteroatoms. The summed E-state index contributed by atoms with van der Waals surface area (Å²) in [6.45, 7) is 8.12. The van der Waals surface area contributed by atoms with E-state index >= 15 is 0 Å². The maximum Gasteiger partial charge on any atom is 0.185 e. The van der Waals surface area contributed by atoms with Crippen LogP contribution >= 0.6 is 0 Å². The van der Waals surface area contributed by atoms with Crippen LogP contribution in [0.2, 0.25) is 0 Å². The molecule has 160 valence electrons. The molecule has 0 spiro atoms. The van der Waals surface area contributed by atoms with Crippen molar-refractivity contribution in [2.24, 2.45) is 0 Å². The summed E-state index contributed by atoms with van der Waals surface area (Å²) in [5.74, 6) is -0.00207. The van der Waals surface area contributed by atoms with Gasteiger partial charge in [0.1, 0.15) is 0 Å². The second-order valence-corrected chi connectivity index (χ2v) is 8.14. The first-order valence-electron chi connectivity index (χ1n) is 11.7. The van der Waals surface area contributed by atoms with Crippen LogP contribution in [0.5, 0.6) is 0 Å². The lowest BCUT2D eigenvalue weighted by molar-refractivity contribution is 0.104. The van der Waals surface area contributed by atoms with Gasteiger partial charge < -0.3 is 0 Å². The third kappa shape index (κ3) is 7.78. The van der Waals surface area contributed by atoms with E-state index in [1.165, 1.54) is 73.3 Å². The molecule has 0 aliphatic heterocycles. The topological polar surface area (TPSA) is 17.1 Å². The van der Waals surface area contributed by atoms with Gasteiger partial charge in [0.2, 0.25) is 0 Å². The first-order chi connectivity index (χ1) is 14.7. The van der Waals surface area contributed by atoms with Crippen LogP contribution in [0, 0.1) is 0 Å². The van der Waals surface area contributed by atoms with Gasteiger partial charge in [0.15, 0.2) is 5.78 Å². The number of rotatable bonds is 14. The molecule has 30 heavy (non-hydrogen) atoms. The summed E-state index contributed by atoms with van der Waals surface area (Å²) in [5.41, 5.74) is 5.94. The van der Waals surface area contributed by atoms with Crippen molar-refractivity contribution in [2.75, 3.05) is 0 Å². The van der Waals surface area contributed by atoms with E-state index in [0.29, 0.717) is 0 Å². The molecule has 0 atom stereocenters. The molecule has 0 radical (unpaired) electrons. The van der Waals surface area contributed by atoms with Crippen molar-refractivity contribution in [1.82, 2.24) is 0 Å². The summed E-state index contributed by atoms with van der Waals surface area (Å²) in [4.78, 5) is 12.1. The molecule has 0 aliphatic carbocycles. The van der Waals surface area contributed by atoms with E-state index in [0.717, 1.165) is 24.8 Å². The predicted octanol–water partition coefficient (Wildman–Crippen LogP) is 8.47. The summed E-state index contributed by atoms with van der Waals surface area (Å²) < 4.78 is 0. The number of hydrogen-bond acceptors (Lipinski definition) is 1. The molecule has 0 saturated heterocycles. The molecule has 0 amide bonds. The van der Waals surface area contributed by atoms with Crippen molar-refractivity contribution in [1.29, 1.82) is 0 Å². The normalized spacial score (nSPS) is 11.1. The van der Waals surface area contributed by atoms with Crippen LogP contribution in [0.25, 0.3) is 12.2 Å². The average Bonchev–Trinajstić information content (AvgIpc) is 2.78. The van der Waals surface area contributed by atoms with Crippen molar-refractivity contribution in [2.45, 2.75) is 78.1 Å². The van der Waals surface area contributed by atoms with Crippen LogP contribution in [0.1, 0.15) is 97.8 Å². The van der Waals surface area contributed by atoms with E-state index in [9.17, 15) is 4.79 Å². The molecule has 0 saturated carbocycles. The van der Waals surface area contributed by atoms with Gasteiger partial charge in [-0.3, -0.25) is 4.79 Å². The molecule has 2 rings (SSSR count). The van der Waals surface area contributed by atoms with Gasteiger partial charge in [-0.2, -0.15) is 0 Å². The van der Waals surface area contributed by atoms with Gasteiger partial charge in [-0.1, -0.05) is 108 Å².